The van der Waals surface area contributed by atoms with Crippen LogP contribution in [0.15, 0.2) is 35.2 Å². The van der Waals surface area contributed by atoms with Crippen molar-refractivity contribution in [1.82, 2.24) is 9.80 Å². The predicted molar refractivity (Wildman–Crippen MR) is 93.7 cm³/mol. The largest absolute Gasteiger partial charge is 0.378 e. The first-order valence-electron chi connectivity index (χ1n) is 7.31. The molecule has 0 spiro atoms. The van der Waals surface area contributed by atoms with Crippen molar-refractivity contribution in [2.75, 3.05) is 32.8 Å². The average Bonchev–Trinajstić information content (AvgIpc) is 2.84. The lowest BCUT2D eigenvalue weighted by atomic mass is 10.2. The Morgan fingerprint density at radius 2 is 1.96 bits per heavy atom. The molecule has 23 heavy (non-hydrogen) atoms. The standard InChI is InChI=1S/C16H16N2O3S2/c19-14(17-6-8-21-9-7-17)11-18-15(20)13(23-16(18)22)10-12-4-2-1-3-5-12/h1-5,10H,6-9,11H2/b13-10+. The lowest BCUT2D eigenvalue weighted by Gasteiger charge is -2.28. The zero-order chi connectivity index (χ0) is 16.2. The molecule has 2 amide bonds. The summed E-state index contributed by atoms with van der Waals surface area (Å²) in [6.07, 6.45) is 1.80. The van der Waals surface area contributed by atoms with Crippen molar-refractivity contribution in [3.63, 3.8) is 0 Å². The highest BCUT2D eigenvalue weighted by Crippen LogP contribution is 2.32. The van der Waals surface area contributed by atoms with Crippen LogP contribution in [0.3, 0.4) is 0 Å². The maximum atomic E-state index is 12.5. The van der Waals surface area contributed by atoms with E-state index in [1.807, 2.05) is 30.3 Å². The molecule has 2 saturated heterocycles. The molecule has 1 aromatic rings. The highest BCUT2D eigenvalue weighted by molar-refractivity contribution is 8.26. The number of hydrogen-bond donors (Lipinski definition) is 0. The number of benzene rings is 1. The summed E-state index contributed by atoms with van der Waals surface area (Å²) in [5.74, 6) is -0.295. The van der Waals surface area contributed by atoms with Crippen molar-refractivity contribution in [2.45, 2.75) is 0 Å². The minimum absolute atomic E-state index is 0.00318. The molecular formula is C16H16N2O3S2. The van der Waals surface area contributed by atoms with E-state index < -0.39 is 0 Å². The van der Waals surface area contributed by atoms with E-state index >= 15 is 0 Å². The highest BCUT2D eigenvalue weighted by Gasteiger charge is 2.34. The van der Waals surface area contributed by atoms with E-state index in [1.54, 1.807) is 11.0 Å². The zero-order valence-electron chi connectivity index (χ0n) is 12.4. The van der Waals surface area contributed by atoms with E-state index in [1.165, 1.54) is 16.7 Å². The monoisotopic (exact) mass is 348 g/mol. The van der Waals surface area contributed by atoms with Crippen LogP contribution < -0.4 is 0 Å². The second-order valence-corrected chi connectivity index (χ2v) is 6.85. The molecule has 0 N–H and O–H groups in total. The molecule has 2 heterocycles. The topological polar surface area (TPSA) is 49.9 Å². The van der Waals surface area contributed by atoms with Crippen LogP contribution in [0.4, 0.5) is 0 Å². The fraction of sp³-hybridized carbons (Fsp3) is 0.312. The SMILES string of the molecule is O=C(CN1C(=O)/C(=C\c2ccccc2)SC1=S)N1CCOCC1. The van der Waals surface area contributed by atoms with Gasteiger partial charge in [0.15, 0.2) is 0 Å². The van der Waals surface area contributed by atoms with Gasteiger partial charge in [0.05, 0.1) is 18.1 Å². The van der Waals surface area contributed by atoms with Crippen LogP contribution in [-0.2, 0) is 14.3 Å². The van der Waals surface area contributed by atoms with Crippen molar-refractivity contribution >= 4 is 46.2 Å². The van der Waals surface area contributed by atoms with Crippen LogP contribution in [0.5, 0.6) is 0 Å². The zero-order valence-corrected chi connectivity index (χ0v) is 14.1. The Labute approximate surface area is 144 Å². The second kappa shape index (κ2) is 7.25. The molecule has 0 aromatic heterocycles. The summed E-state index contributed by atoms with van der Waals surface area (Å²) in [7, 11) is 0. The van der Waals surface area contributed by atoms with Gasteiger partial charge in [-0.2, -0.15) is 0 Å². The summed E-state index contributed by atoms with van der Waals surface area (Å²) in [6.45, 7) is 2.20. The number of rotatable bonds is 3. The Morgan fingerprint density at radius 1 is 1.26 bits per heavy atom. The second-order valence-electron chi connectivity index (χ2n) is 5.17. The number of morpholine rings is 1. The van der Waals surface area contributed by atoms with E-state index in [0.717, 1.165) is 5.56 Å². The summed E-state index contributed by atoms with van der Waals surface area (Å²) in [5, 5.41) is 0. The van der Waals surface area contributed by atoms with E-state index in [-0.39, 0.29) is 18.4 Å². The molecule has 120 valence electrons. The molecule has 3 rings (SSSR count). The molecule has 0 atom stereocenters. The summed E-state index contributed by atoms with van der Waals surface area (Å²) in [6, 6.07) is 9.59. The molecule has 2 fully saturated rings. The number of thiocarbonyl (C=S) groups is 1. The van der Waals surface area contributed by atoms with Gasteiger partial charge in [-0.1, -0.05) is 54.3 Å². The lowest BCUT2D eigenvalue weighted by molar-refractivity contribution is -0.138. The maximum absolute atomic E-state index is 12.5. The van der Waals surface area contributed by atoms with Crippen LogP contribution in [0.1, 0.15) is 5.56 Å². The third kappa shape index (κ3) is 3.80. The molecule has 0 aliphatic carbocycles. The van der Waals surface area contributed by atoms with Crippen LogP contribution in [0.25, 0.3) is 6.08 Å². The van der Waals surface area contributed by atoms with Gasteiger partial charge in [-0.15, -0.1) is 0 Å². The Kier molecular flexibility index (Phi) is 5.09. The Hall–Kier alpha value is -1.70. The fourth-order valence-electron chi connectivity index (χ4n) is 2.38. The van der Waals surface area contributed by atoms with Crippen molar-refractivity contribution in [1.29, 1.82) is 0 Å². The van der Waals surface area contributed by atoms with E-state index in [9.17, 15) is 9.59 Å². The normalized spacial score (nSPS) is 20.4. The van der Waals surface area contributed by atoms with Crippen LogP contribution in [0.2, 0.25) is 0 Å². The van der Waals surface area contributed by atoms with Gasteiger partial charge >= 0.3 is 0 Å². The third-order valence-corrected chi connectivity index (χ3v) is 5.01. The van der Waals surface area contributed by atoms with Gasteiger partial charge in [-0.25, -0.2) is 0 Å². The number of hydrogen-bond acceptors (Lipinski definition) is 5. The summed E-state index contributed by atoms with van der Waals surface area (Å²) in [4.78, 5) is 28.4. The van der Waals surface area contributed by atoms with Crippen molar-refractivity contribution in [3.8, 4) is 0 Å². The Morgan fingerprint density at radius 3 is 2.65 bits per heavy atom. The number of ether oxygens (including phenoxy) is 1. The fourth-order valence-corrected chi connectivity index (χ4v) is 3.64. The highest BCUT2D eigenvalue weighted by atomic mass is 32.2. The van der Waals surface area contributed by atoms with Gasteiger partial charge in [-0.3, -0.25) is 14.5 Å². The Balaban J connectivity index is 1.69. The number of amides is 2. The number of nitrogens with zero attached hydrogens (tertiary/aromatic N) is 2. The molecule has 2 aliphatic rings. The lowest BCUT2D eigenvalue weighted by Crippen LogP contribution is -2.46. The minimum atomic E-state index is -0.203. The van der Waals surface area contributed by atoms with Crippen molar-refractivity contribution in [2.24, 2.45) is 0 Å². The van der Waals surface area contributed by atoms with E-state index in [2.05, 4.69) is 0 Å². The first-order valence-corrected chi connectivity index (χ1v) is 8.53. The predicted octanol–water partition coefficient (Wildman–Crippen LogP) is 1.75. The molecule has 0 unspecified atom stereocenters. The molecule has 0 saturated carbocycles. The van der Waals surface area contributed by atoms with Gasteiger partial charge in [0.25, 0.3) is 5.91 Å². The first-order chi connectivity index (χ1) is 11.1. The summed E-state index contributed by atoms with van der Waals surface area (Å²) in [5.41, 5.74) is 0.938. The summed E-state index contributed by atoms with van der Waals surface area (Å²) >= 11 is 6.50. The molecule has 2 aliphatic heterocycles. The molecular weight excluding hydrogens is 332 g/mol. The smallest absolute Gasteiger partial charge is 0.266 e. The summed E-state index contributed by atoms with van der Waals surface area (Å²) < 4.78 is 5.66. The van der Waals surface area contributed by atoms with Crippen LogP contribution in [-0.4, -0.2) is 58.8 Å². The molecule has 0 radical (unpaired) electrons. The van der Waals surface area contributed by atoms with Crippen LogP contribution in [0, 0.1) is 0 Å². The number of thioether (sulfide) groups is 1. The molecule has 7 heteroatoms. The average molecular weight is 348 g/mol. The quantitative estimate of drug-likeness (QED) is 0.615. The molecule has 1 aromatic carbocycles. The van der Waals surface area contributed by atoms with Gasteiger partial charge < -0.3 is 9.64 Å². The Bertz CT molecular complexity index is 655. The molecule has 0 bridgehead atoms. The van der Waals surface area contributed by atoms with Gasteiger partial charge in [0.2, 0.25) is 5.91 Å². The van der Waals surface area contributed by atoms with Gasteiger partial charge in [0, 0.05) is 13.1 Å². The van der Waals surface area contributed by atoms with E-state index in [4.69, 9.17) is 17.0 Å². The van der Waals surface area contributed by atoms with Crippen LogP contribution >= 0.6 is 24.0 Å². The first kappa shape index (κ1) is 16.2. The molecule has 5 nitrogen and oxygen atoms in total. The van der Waals surface area contributed by atoms with Crippen molar-refractivity contribution < 1.29 is 14.3 Å². The maximum Gasteiger partial charge on any atom is 0.266 e. The van der Waals surface area contributed by atoms with Gasteiger partial charge in [0.1, 0.15) is 10.9 Å². The minimum Gasteiger partial charge on any atom is -0.378 e. The number of carbonyl (C=O) groups is 2. The van der Waals surface area contributed by atoms with Gasteiger partial charge in [-0.05, 0) is 11.6 Å². The van der Waals surface area contributed by atoms with E-state index in [0.29, 0.717) is 35.5 Å². The number of carbonyl (C=O) groups excluding carboxylic acids is 2. The van der Waals surface area contributed by atoms with Crippen molar-refractivity contribution in [3.05, 3.63) is 40.8 Å². The third-order valence-electron chi connectivity index (χ3n) is 3.63.